The smallest absolute Gasteiger partial charge is 0.340 e. The maximum atomic E-state index is 11.6. The third-order valence-electron chi connectivity index (χ3n) is 3.33. The van der Waals surface area contributed by atoms with E-state index in [1.165, 1.54) is 7.11 Å². The number of benzene rings is 1. The van der Waals surface area contributed by atoms with Gasteiger partial charge in [0.2, 0.25) is 0 Å². The minimum Gasteiger partial charge on any atom is -0.465 e. The van der Waals surface area contributed by atoms with Crippen LogP contribution in [-0.2, 0) is 14.6 Å². The molecule has 7 heteroatoms. The molecule has 1 fully saturated rings. The van der Waals surface area contributed by atoms with Crippen molar-refractivity contribution < 1.29 is 17.9 Å². The van der Waals surface area contributed by atoms with Gasteiger partial charge < -0.3 is 15.8 Å². The van der Waals surface area contributed by atoms with E-state index < -0.39 is 15.8 Å². The Labute approximate surface area is 118 Å². The van der Waals surface area contributed by atoms with Crippen LogP contribution >= 0.6 is 0 Å². The fourth-order valence-electron chi connectivity index (χ4n) is 2.34. The topological polar surface area (TPSA) is 98.5 Å². The summed E-state index contributed by atoms with van der Waals surface area (Å²) in [6, 6.07) is 4.80. The first-order valence-corrected chi connectivity index (χ1v) is 8.19. The number of nitrogens with one attached hydrogen (secondary N) is 1. The summed E-state index contributed by atoms with van der Waals surface area (Å²) in [5.41, 5.74) is 7.05. The second kappa shape index (κ2) is 5.70. The Bertz CT molecular complexity index is 613. The lowest BCUT2D eigenvalue weighted by atomic mass is 10.1. The van der Waals surface area contributed by atoms with Crippen molar-refractivity contribution in [3.05, 3.63) is 23.8 Å². The van der Waals surface area contributed by atoms with Crippen molar-refractivity contribution in [2.24, 2.45) is 0 Å². The predicted molar refractivity (Wildman–Crippen MR) is 77.5 cm³/mol. The second-order valence-electron chi connectivity index (χ2n) is 4.86. The number of para-hydroxylation sites is 1. The van der Waals surface area contributed by atoms with Gasteiger partial charge in [-0.25, -0.2) is 13.2 Å². The molecular formula is C13H18N2O4S. The number of anilines is 2. The van der Waals surface area contributed by atoms with E-state index in [1.54, 1.807) is 18.2 Å². The van der Waals surface area contributed by atoms with Crippen molar-refractivity contribution >= 4 is 27.2 Å². The van der Waals surface area contributed by atoms with E-state index in [2.05, 4.69) is 10.1 Å². The average Bonchev–Trinajstić information content (AvgIpc) is 2.39. The molecule has 1 heterocycles. The third-order valence-corrected chi connectivity index (χ3v) is 5.16. The lowest BCUT2D eigenvalue weighted by molar-refractivity contribution is 0.0602. The maximum absolute atomic E-state index is 11.6. The number of ether oxygens (including phenoxy) is 1. The molecule has 1 aromatic rings. The fourth-order valence-corrected chi connectivity index (χ4v) is 3.97. The Hall–Kier alpha value is -1.76. The molecule has 0 spiro atoms. The zero-order valence-electron chi connectivity index (χ0n) is 11.3. The molecule has 1 atom stereocenters. The Morgan fingerprint density at radius 3 is 2.85 bits per heavy atom. The normalized spacial score (nSPS) is 21.1. The molecule has 1 unspecified atom stereocenters. The van der Waals surface area contributed by atoms with Crippen molar-refractivity contribution in [2.45, 2.75) is 18.9 Å². The number of hydrogen-bond acceptors (Lipinski definition) is 6. The SMILES string of the molecule is COC(=O)c1cccc(NC2CCCS(=O)(=O)C2)c1N. The number of rotatable bonds is 3. The zero-order chi connectivity index (χ0) is 14.8. The first kappa shape index (κ1) is 14.6. The average molecular weight is 298 g/mol. The molecule has 6 nitrogen and oxygen atoms in total. The minimum atomic E-state index is -2.99. The highest BCUT2D eigenvalue weighted by atomic mass is 32.2. The summed E-state index contributed by atoms with van der Waals surface area (Å²) in [6.45, 7) is 0. The summed E-state index contributed by atoms with van der Waals surface area (Å²) in [5, 5.41) is 3.11. The number of methoxy groups -OCH3 is 1. The van der Waals surface area contributed by atoms with Gasteiger partial charge >= 0.3 is 5.97 Å². The highest BCUT2D eigenvalue weighted by Crippen LogP contribution is 2.26. The van der Waals surface area contributed by atoms with Crippen LogP contribution in [0.5, 0.6) is 0 Å². The predicted octanol–water partition coefficient (Wildman–Crippen LogP) is 1.04. The number of sulfone groups is 1. The standard InChI is InChI=1S/C13H18N2O4S/c1-19-13(16)10-5-2-6-11(12(10)14)15-9-4-3-7-20(17,18)8-9/h2,5-6,9,15H,3-4,7-8,14H2,1H3. The van der Waals surface area contributed by atoms with Crippen LogP contribution in [0.4, 0.5) is 11.4 Å². The molecular weight excluding hydrogens is 280 g/mol. The number of nitrogen functional groups attached to an aromatic ring is 1. The van der Waals surface area contributed by atoms with Crippen LogP contribution < -0.4 is 11.1 Å². The van der Waals surface area contributed by atoms with Crippen LogP contribution in [0.25, 0.3) is 0 Å². The number of esters is 1. The van der Waals surface area contributed by atoms with Crippen LogP contribution in [0.2, 0.25) is 0 Å². The lowest BCUT2D eigenvalue weighted by Crippen LogP contribution is -2.35. The molecule has 3 N–H and O–H groups in total. The van der Waals surface area contributed by atoms with Crippen molar-refractivity contribution in [3.63, 3.8) is 0 Å². The molecule has 1 aliphatic heterocycles. The summed E-state index contributed by atoms with van der Waals surface area (Å²) in [4.78, 5) is 11.6. The molecule has 1 aromatic carbocycles. The van der Waals surface area contributed by atoms with E-state index in [-0.39, 0.29) is 28.8 Å². The number of hydrogen-bond donors (Lipinski definition) is 2. The van der Waals surface area contributed by atoms with Gasteiger partial charge in [-0.1, -0.05) is 6.07 Å². The molecule has 110 valence electrons. The summed E-state index contributed by atoms with van der Waals surface area (Å²) < 4.78 is 27.9. The van der Waals surface area contributed by atoms with E-state index in [1.807, 2.05) is 0 Å². The molecule has 0 radical (unpaired) electrons. The third kappa shape index (κ3) is 3.22. The largest absolute Gasteiger partial charge is 0.465 e. The molecule has 0 bridgehead atoms. The maximum Gasteiger partial charge on any atom is 0.340 e. The summed E-state index contributed by atoms with van der Waals surface area (Å²) in [5.74, 6) is -0.181. The lowest BCUT2D eigenvalue weighted by Gasteiger charge is -2.25. The fraction of sp³-hybridized carbons (Fsp3) is 0.462. The Kier molecular flexibility index (Phi) is 4.17. The summed E-state index contributed by atoms with van der Waals surface area (Å²) in [7, 11) is -1.70. The number of nitrogens with two attached hydrogens (primary N) is 1. The Balaban J connectivity index is 2.20. The van der Waals surface area contributed by atoms with Crippen molar-refractivity contribution in [3.8, 4) is 0 Å². The van der Waals surface area contributed by atoms with Crippen LogP contribution in [0.15, 0.2) is 18.2 Å². The Morgan fingerprint density at radius 1 is 1.45 bits per heavy atom. The van der Waals surface area contributed by atoms with Gasteiger partial charge in [0, 0.05) is 6.04 Å². The van der Waals surface area contributed by atoms with Gasteiger partial charge in [-0.15, -0.1) is 0 Å². The molecule has 1 aliphatic rings. The van der Waals surface area contributed by atoms with Crippen molar-refractivity contribution in [2.75, 3.05) is 29.7 Å². The van der Waals surface area contributed by atoms with E-state index in [4.69, 9.17) is 5.73 Å². The Morgan fingerprint density at radius 2 is 2.20 bits per heavy atom. The molecule has 0 amide bonds. The van der Waals surface area contributed by atoms with Gasteiger partial charge in [-0.05, 0) is 25.0 Å². The van der Waals surface area contributed by atoms with Crippen LogP contribution in [0.3, 0.4) is 0 Å². The van der Waals surface area contributed by atoms with Crippen molar-refractivity contribution in [1.29, 1.82) is 0 Å². The van der Waals surface area contributed by atoms with Crippen LogP contribution in [-0.4, -0.2) is 39.0 Å². The van der Waals surface area contributed by atoms with Gasteiger partial charge in [-0.3, -0.25) is 0 Å². The van der Waals surface area contributed by atoms with Crippen molar-refractivity contribution in [1.82, 2.24) is 0 Å². The second-order valence-corrected chi connectivity index (χ2v) is 7.08. The first-order valence-electron chi connectivity index (χ1n) is 6.37. The van der Waals surface area contributed by atoms with Crippen LogP contribution in [0.1, 0.15) is 23.2 Å². The van der Waals surface area contributed by atoms with Gasteiger partial charge in [0.25, 0.3) is 0 Å². The van der Waals surface area contributed by atoms with E-state index in [0.717, 1.165) is 6.42 Å². The summed E-state index contributed by atoms with van der Waals surface area (Å²) in [6.07, 6.45) is 1.40. The van der Waals surface area contributed by atoms with Crippen LogP contribution in [0, 0.1) is 0 Å². The number of carbonyl (C=O) groups excluding carboxylic acids is 1. The highest BCUT2D eigenvalue weighted by Gasteiger charge is 2.25. The quantitative estimate of drug-likeness (QED) is 0.639. The van der Waals surface area contributed by atoms with Gasteiger partial charge in [0.05, 0.1) is 35.6 Å². The highest BCUT2D eigenvalue weighted by molar-refractivity contribution is 7.91. The molecule has 0 saturated carbocycles. The molecule has 1 saturated heterocycles. The minimum absolute atomic E-state index is 0.0922. The monoisotopic (exact) mass is 298 g/mol. The molecule has 2 rings (SSSR count). The molecule has 0 aliphatic carbocycles. The zero-order valence-corrected chi connectivity index (χ0v) is 12.1. The van der Waals surface area contributed by atoms with E-state index in [0.29, 0.717) is 12.1 Å². The van der Waals surface area contributed by atoms with E-state index >= 15 is 0 Å². The van der Waals surface area contributed by atoms with Gasteiger partial charge in [-0.2, -0.15) is 0 Å². The molecule has 20 heavy (non-hydrogen) atoms. The van der Waals surface area contributed by atoms with Gasteiger partial charge in [0.15, 0.2) is 9.84 Å². The molecule has 0 aromatic heterocycles. The number of carbonyl (C=O) groups is 1. The van der Waals surface area contributed by atoms with E-state index in [9.17, 15) is 13.2 Å². The van der Waals surface area contributed by atoms with Gasteiger partial charge in [0.1, 0.15) is 0 Å². The summed E-state index contributed by atoms with van der Waals surface area (Å²) >= 11 is 0. The first-order chi connectivity index (χ1) is 9.43.